The van der Waals surface area contributed by atoms with Crippen molar-refractivity contribution in [1.29, 1.82) is 0 Å². The van der Waals surface area contributed by atoms with Crippen molar-refractivity contribution in [1.82, 2.24) is 0 Å². The Kier molecular flexibility index (Phi) is 7.77. The lowest BCUT2D eigenvalue weighted by Crippen LogP contribution is -2.28. The van der Waals surface area contributed by atoms with Gasteiger partial charge in [0, 0.05) is 0 Å². The summed E-state index contributed by atoms with van der Waals surface area (Å²) >= 11 is 7.84. The number of halogens is 2. The minimum atomic E-state index is -0.343. The van der Waals surface area contributed by atoms with Crippen LogP contribution >= 0.6 is 23.4 Å². The van der Waals surface area contributed by atoms with E-state index in [9.17, 15) is 9.18 Å². The Morgan fingerprint density at radius 1 is 0.974 bits per heavy atom. The summed E-state index contributed by atoms with van der Waals surface area (Å²) in [7, 11) is 1.51. The number of methoxy groups -OCH3 is 1. The SMILES string of the molecule is COc1cc(/C=C2/SC(=Nc3ccccc3)N(c3ccccc3)C2=O)cc(Cl)c1OCc1cccc(F)c1. The van der Waals surface area contributed by atoms with Crippen LogP contribution in [0.25, 0.3) is 6.08 Å². The highest BCUT2D eigenvalue weighted by Gasteiger charge is 2.34. The van der Waals surface area contributed by atoms with Crippen LogP contribution in [-0.4, -0.2) is 18.2 Å². The van der Waals surface area contributed by atoms with Crippen LogP contribution < -0.4 is 14.4 Å². The smallest absolute Gasteiger partial charge is 0.271 e. The number of benzene rings is 4. The molecule has 5 rings (SSSR count). The first-order valence-corrected chi connectivity index (χ1v) is 12.9. The van der Waals surface area contributed by atoms with Crippen molar-refractivity contribution in [2.24, 2.45) is 4.99 Å². The molecular weight excluding hydrogens is 523 g/mol. The van der Waals surface area contributed by atoms with Crippen LogP contribution in [0.1, 0.15) is 11.1 Å². The number of thioether (sulfide) groups is 1. The first-order chi connectivity index (χ1) is 18.5. The Bertz CT molecular complexity index is 1530. The quantitative estimate of drug-likeness (QED) is 0.222. The fraction of sp³-hybridized carbons (Fsp3) is 0.0667. The Hall–Kier alpha value is -4.07. The van der Waals surface area contributed by atoms with E-state index < -0.39 is 0 Å². The molecule has 1 saturated heterocycles. The minimum Gasteiger partial charge on any atom is -0.493 e. The normalized spacial score (nSPS) is 15.3. The van der Waals surface area contributed by atoms with Crippen molar-refractivity contribution in [2.45, 2.75) is 6.61 Å². The van der Waals surface area contributed by atoms with Crippen LogP contribution in [0.3, 0.4) is 0 Å². The molecule has 1 aliphatic rings. The topological polar surface area (TPSA) is 51.1 Å². The van der Waals surface area contributed by atoms with Gasteiger partial charge < -0.3 is 9.47 Å². The second-order valence-corrected chi connectivity index (χ2v) is 9.69. The predicted octanol–water partition coefficient (Wildman–Crippen LogP) is 7.88. The van der Waals surface area contributed by atoms with Crippen LogP contribution in [-0.2, 0) is 11.4 Å². The summed E-state index contributed by atoms with van der Waals surface area (Å²) < 4.78 is 24.9. The van der Waals surface area contributed by atoms with Crippen LogP contribution in [0.4, 0.5) is 15.8 Å². The van der Waals surface area contributed by atoms with Gasteiger partial charge in [-0.05, 0) is 77.5 Å². The lowest BCUT2D eigenvalue weighted by molar-refractivity contribution is -0.113. The van der Waals surface area contributed by atoms with Gasteiger partial charge in [-0.2, -0.15) is 0 Å². The number of para-hydroxylation sites is 2. The summed E-state index contributed by atoms with van der Waals surface area (Å²) in [5, 5.41) is 0.855. The van der Waals surface area contributed by atoms with E-state index in [0.29, 0.717) is 37.7 Å². The molecule has 190 valence electrons. The third-order valence-corrected chi connectivity index (χ3v) is 6.87. The van der Waals surface area contributed by atoms with Crippen LogP contribution in [0.5, 0.6) is 11.5 Å². The van der Waals surface area contributed by atoms with E-state index in [1.54, 1.807) is 35.2 Å². The lowest BCUT2D eigenvalue weighted by Gasteiger charge is -2.15. The molecular formula is C30H22ClFN2O3S. The summed E-state index contributed by atoms with van der Waals surface area (Å²) in [5.74, 6) is 0.194. The van der Waals surface area contributed by atoms with Gasteiger partial charge in [-0.3, -0.25) is 9.69 Å². The van der Waals surface area contributed by atoms with Crippen molar-refractivity contribution < 1.29 is 18.7 Å². The van der Waals surface area contributed by atoms with E-state index in [1.807, 2.05) is 60.7 Å². The maximum Gasteiger partial charge on any atom is 0.271 e. The van der Waals surface area contributed by atoms with Gasteiger partial charge in [0.25, 0.3) is 5.91 Å². The highest BCUT2D eigenvalue weighted by Crippen LogP contribution is 2.41. The van der Waals surface area contributed by atoms with Crippen molar-refractivity contribution in [2.75, 3.05) is 12.0 Å². The van der Waals surface area contributed by atoms with Crippen molar-refractivity contribution >= 4 is 51.9 Å². The predicted molar refractivity (Wildman–Crippen MR) is 152 cm³/mol. The molecule has 4 aromatic carbocycles. The zero-order valence-electron chi connectivity index (χ0n) is 20.3. The number of aliphatic imine (C=N–C) groups is 1. The number of nitrogens with zero attached hydrogens (tertiary/aromatic N) is 2. The average molecular weight is 545 g/mol. The number of hydrogen-bond acceptors (Lipinski definition) is 5. The second kappa shape index (κ2) is 11.5. The number of rotatable bonds is 7. The maximum atomic E-state index is 13.5. The summed E-state index contributed by atoms with van der Waals surface area (Å²) in [6, 6.07) is 28.5. The molecule has 0 atom stereocenters. The van der Waals surface area contributed by atoms with Gasteiger partial charge in [-0.25, -0.2) is 9.38 Å². The molecule has 0 bridgehead atoms. The second-order valence-electron chi connectivity index (χ2n) is 8.27. The molecule has 1 aliphatic heterocycles. The number of ether oxygens (including phenoxy) is 2. The molecule has 38 heavy (non-hydrogen) atoms. The summed E-state index contributed by atoms with van der Waals surface area (Å²) in [5.41, 5.74) is 2.79. The first kappa shape index (κ1) is 25.6. The number of hydrogen-bond donors (Lipinski definition) is 0. The molecule has 8 heteroatoms. The Morgan fingerprint density at radius 3 is 2.42 bits per heavy atom. The summed E-state index contributed by atoms with van der Waals surface area (Å²) in [6.07, 6.45) is 1.75. The van der Waals surface area contributed by atoms with Gasteiger partial charge in [0.15, 0.2) is 16.7 Å². The van der Waals surface area contributed by atoms with Gasteiger partial charge in [0.1, 0.15) is 12.4 Å². The molecule has 0 unspecified atom stereocenters. The molecule has 0 spiro atoms. The number of carbonyl (C=O) groups is 1. The van der Waals surface area contributed by atoms with Crippen molar-refractivity contribution in [3.8, 4) is 11.5 Å². The van der Waals surface area contributed by atoms with Gasteiger partial charge >= 0.3 is 0 Å². The minimum absolute atomic E-state index is 0.119. The standard InChI is InChI=1S/C30H22ClFN2O3S/c1-36-26-17-21(16-25(31)28(26)37-19-20-9-8-10-22(32)15-20)18-27-29(35)34(24-13-6-3-7-14-24)30(38-27)33-23-11-4-2-5-12-23/h2-18H,19H2,1H3/b27-18+,33-30?. The third kappa shape index (κ3) is 5.74. The van der Waals surface area contributed by atoms with Gasteiger partial charge in [0.05, 0.1) is 28.4 Å². The van der Waals surface area contributed by atoms with E-state index in [4.69, 9.17) is 26.1 Å². The molecule has 5 nitrogen and oxygen atoms in total. The number of amides is 1. The molecule has 4 aromatic rings. The van der Waals surface area contributed by atoms with E-state index >= 15 is 0 Å². The van der Waals surface area contributed by atoms with E-state index in [1.165, 1.54) is 31.0 Å². The number of carbonyl (C=O) groups excluding carboxylic acids is 1. The van der Waals surface area contributed by atoms with E-state index in [2.05, 4.69) is 0 Å². The monoisotopic (exact) mass is 544 g/mol. The van der Waals surface area contributed by atoms with Crippen LogP contribution in [0.15, 0.2) is 107 Å². The zero-order chi connectivity index (χ0) is 26.5. The summed E-state index contributed by atoms with van der Waals surface area (Å²) in [4.78, 5) is 20.3. The molecule has 0 radical (unpaired) electrons. The molecule has 1 fully saturated rings. The van der Waals surface area contributed by atoms with Crippen LogP contribution in [0, 0.1) is 5.82 Å². The van der Waals surface area contributed by atoms with Crippen molar-refractivity contribution in [3.05, 3.63) is 124 Å². The average Bonchev–Trinajstić information content (AvgIpc) is 3.22. The van der Waals surface area contributed by atoms with Crippen LogP contribution in [0.2, 0.25) is 5.02 Å². The zero-order valence-corrected chi connectivity index (χ0v) is 21.9. The molecule has 0 N–H and O–H groups in total. The highest BCUT2D eigenvalue weighted by atomic mass is 35.5. The van der Waals surface area contributed by atoms with Gasteiger partial charge in [0.2, 0.25) is 0 Å². The third-order valence-electron chi connectivity index (χ3n) is 5.62. The molecule has 1 heterocycles. The Balaban J connectivity index is 1.46. The fourth-order valence-corrected chi connectivity index (χ4v) is 5.14. The van der Waals surface area contributed by atoms with E-state index in [-0.39, 0.29) is 18.3 Å². The van der Waals surface area contributed by atoms with Gasteiger partial charge in [-0.15, -0.1) is 0 Å². The first-order valence-electron chi connectivity index (χ1n) is 11.7. The molecule has 0 saturated carbocycles. The van der Waals surface area contributed by atoms with Crippen molar-refractivity contribution in [3.63, 3.8) is 0 Å². The number of amidine groups is 1. The lowest BCUT2D eigenvalue weighted by atomic mass is 10.1. The molecule has 1 amide bonds. The molecule has 0 aliphatic carbocycles. The van der Waals surface area contributed by atoms with E-state index in [0.717, 1.165) is 11.4 Å². The molecule has 0 aromatic heterocycles. The Morgan fingerprint density at radius 2 is 1.71 bits per heavy atom. The highest BCUT2D eigenvalue weighted by molar-refractivity contribution is 8.19. The Labute approximate surface area is 229 Å². The fourth-order valence-electron chi connectivity index (χ4n) is 3.86. The largest absolute Gasteiger partial charge is 0.493 e. The summed E-state index contributed by atoms with van der Waals surface area (Å²) in [6.45, 7) is 0.119. The van der Waals surface area contributed by atoms with Gasteiger partial charge in [-0.1, -0.05) is 60.1 Å². The maximum absolute atomic E-state index is 13.5. The number of anilines is 1.